The van der Waals surface area contributed by atoms with Gasteiger partial charge in [-0.25, -0.2) is 10.3 Å². The minimum atomic E-state index is 0.563. The van der Waals surface area contributed by atoms with Crippen LogP contribution in [0.3, 0.4) is 0 Å². The fourth-order valence-corrected chi connectivity index (χ4v) is 3.92. The van der Waals surface area contributed by atoms with Gasteiger partial charge in [-0.15, -0.1) is 0 Å². The van der Waals surface area contributed by atoms with Crippen molar-refractivity contribution >= 4 is 17.2 Å². The summed E-state index contributed by atoms with van der Waals surface area (Å²) in [5.41, 5.74) is 5.19. The van der Waals surface area contributed by atoms with Crippen LogP contribution in [-0.2, 0) is 11.3 Å². The maximum Gasteiger partial charge on any atom is 0.161 e. The van der Waals surface area contributed by atoms with Crippen molar-refractivity contribution in [2.24, 2.45) is 4.99 Å². The molecule has 0 fully saturated rings. The van der Waals surface area contributed by atoms with Crippen LogP contribution < -0.4 is 14.8 Å². The number of hydrogen-bond acceptors (Lipinski definition) is 4. The summed E-state index contributed by atoms with van der Waals surface area (Å²) in [6.07, 6.45) is 3.97. The third kappa shape index (κ3) is 6.06. The minimum Gasteiger partial charge on any atom is -0.493 e. The lowest BCUT2D eigenvalue weighted by molar-refractivity contribution is 0.116. The van der Waals surface area contributed by atoms with Crippen molar-refractivity contribution in [2.45, 2.75) is 32.3 Å². The Hall–Kier alpha value is -3.57. The predicted molar refractivity (Wildman–Crippen MR) is 137 cm³/mol. The van der Waals surface area contributed by atoms with Gasteiger partial charge in [0.25, 0.3) is 0 Å². The van der Waals surface area contributed by atoms with E-state index in [1.165, 1.54) is 0 Å². The average molecular weight is 456 g/mol. The van der Waals surface area contributed by atoms with Crippen LogP contribution in [0.25, 0.3) is 11.4 Å². The summed E-state index contributed by atoms with van der Waals surface area (Å²) in [6, 6.07) is 26.5. The van der Waals surface area contributed by atoms with Gasteiger partial charge in [-0.3, -0.25) is 0 Å². The Morgan fingerprint density at radius 2 is 1.35 bits per heavy atom. The Balaban J connectivity index is 1.23. The van der Waals surface area contributed by atoms with E-state index in [0.29, 0.717) is 6.61 Å². The molecule has 1 aliphatic heterocycles. The summed E-state index contributed by atoms with van der Waals surface area (Å²) >= 11 is 0. The van der Waals surface area contributed by atoms with Crippen molar-refractivity contribution in [3.63, 3.8) is 0 Å². The molecule has 0 amide bonds. The quantitative estimate of drug-likeness (QED) is 0.300. The molecule has 0 aliphatic carbocycles. The highest BCUT2D eigenvalue weighted by Gasteiger charge is 2.21. The molecule has 1 radical (unpaired) electrons. The number of benzene rings is 3. The second-order valence-electron chi connectivity index (χ2n) is 8.12. The number of nitrogens with zero attached hydrogens (tertiary/aromatic N) is 2. The normalized spacial score (nSPS) is 12.9. The molecular formula is C29H31N2O3. The van der Waals surface area contributed by atoms with E-state index in [9.17, 15) is 0 Å². The first-order chi connectivity index (χ1) is 16.8. The molecule has 5 heteroatoms. The van der Waals surface area contributed by atoms with E-state index < -0.39 is 0 Å². The predicted octanol–water partition coefficient (Wildman–Crippen LogP) is 6.32. The topological polar surface area (TPSA) is 54.2 Å². The number of aliphatic imine (C=N–C) groups is 1. The van der Waals surface area contributed by atoms with E-state index in [2.05, 4.69) is 24.3 Å². The molecule has 0 atom stereocenters. The van der Waals surface area contributed by atoms with Crippen LogP contribution in [0.5, 0.6) is 11.5 Å². The first-order valence-electron chi connectivity index (χ1n) is 11.7. The van der Waals surface area contributed by atoms with Gasteiger partial charge in [0.1, 0.15) is 5.84 Å². The molecule has 34 heavy (non-hydrogen) atoms. The highest BCUT2D eigenvalue weighted by molar-refractivity contribution is 6.07. The van der Waals surface area contributed by atoms with Crippen LogP contribution >= 0.6 is 0 Å². The molecule has 1 heterocycles. The highest BCUT2D eigenvalue weighted by Crippen LogP contribution is 2.31. The largest absolute Gasteiger partial charge is 0.493 e. The van der Waals surface area contributed by atoms with Crippen LogP contribution in [0.4, 0.5) is 0 Å². The molecule has 1 aliphatic rings. The number of rotatable bonds is 12. The summed E-state index contributed by atoms with van der Waals surface area (Å²) in [5.74, 6) is 2.36. The summed E-state index contributed by atoms with van der Waals surface area (Å²) in [6.45, 7) is 1.29. The van der Waals surface area contributed by atoms with Crippen LogP contribution in [0.15, 0.2) is 83.9 Å². The molecule has 0 bridgehead atoms. The number of amidine groups is 1. The van der Waals surface area contributed by atoms with Crippen molar-refractivity contribution in [2.75, 3.05) is 20.8 Å². The molecule has 3 aromatic rings. The number of ether oxygens (including phenoxy) is 3. The molecule has 0 unspecified atom stereocenters. The van der Waals surface area contributed by atoms with E-state index in [1.54, 1.807) is 14.2 Å². The smallest absolute Gasteiger partial charge is 0.161 e. The Morgan fingerprint density at radius 3 is 2.03 bits per heavy atom. The first-order valence-corrected chi connectivity index (χ1v) is 11.7. The number of hydrogen-bond donors (Lipinski definition) is 0. The molecule has 5 nitrogen and oxygen atoms in total. The van der Waals surface area contributed by atoms with E-state index >= 15 is 0 Å². The zero-order valence-electron chi connectivity index (χ0n) is 19.9. The third-order valence-corrected chi connectivity index (χ3v) is 5.71. The van der Waals surface area contributed by atoms with Gasteiger partial charge >= 0.3 is 0 Å². The van der Waals surface area contributed by atoms with Crippen molar-refractivity contribution in [3.8, 4) is 11.5 Å². The standard InChI is InChI=1S/C29H31N2O3/c1-32-25-18-17-22(20-26(25)33-2)21-34-19-11-5-10-16-27-30-28(23-12-6-3-7-13-23)29(31-27)24-14-8-4-9-15-24/h3-4,6-9,12-15,17-18,20H,5,10-11,16,19,21H2,1-2H3. The fourth-order valence-electron chi connectivity index (χ4n) is 3.92. The van der Waals surface area contributed by atoms with E-state index in [-0.39, 0.29) is 0 Å². The molecule has 0 spiro atoms. The van der Waals surface area contributed by atoms with Crippen molar-refractivity contribution in [1.29, 1.82) is 0 Å². The summed E-state index contributed by atoms with van der Waals surface area (Å²) in [7, 11) is 3.28. The van der Waals surface area contributed by atoms with Crippen molar-refractivity contribution in [3.05, 3.63) is 95.6 Å². The zero-order chi connectivity index (χ0) is 23.6. The monoisotopic (exact) mass is 455 g/mol. The molecule has 3 aromatic carbocycles. The van der Waals surface area contributed by atoms with Crippen molar-refractivity contribution in [1.82, 2.24) is 5.32 Å². The van der Waals surface area contributed by atoms with Gasteiger partial charge < -0.3 is 14.2 Å². The van der Waals surface area contributed by atoms with E-state index in [1.807, 2.05) is 54.6 Å². The van der Waals surface area contributed by atoms with Gasteiger partial charge in [0, 0.05) is 24.2 Å². The van der Waals surface area contributed by atoms with Crippen LogP contribution in [-0.4, -0.2) is 26.7 Å². The molecular weight excluding hydrogens is 424 g/mol. The van der Waals surface area contributed by atoms with Gasteiger partial charge in [-0.1, -0.05) is 73.2 Å². The maximum atomic E-state index is 5.86. The molecule has 0 saturated heterocycles. The molecule has 0 aromatic heterocycles. The van der Waals surface area contributed by atoms with Crippen LogP contribution in [0.1, 0.15) is 42.4 Å². The minimum absolute atomic E-state index is 0.563. The highest BCUT2D eigenvalue weighted by atomic mass is 16.5. The maximum absolute atomic E-state index is 5.86. The number of methoxy groups -OCH3 is 2. The van der Waals surface area contributed by atoms with E-state index in [0.717, 1.165) is 77.7 Å². The SMILES string of the molecule is COc1ccc(COCCCCCC2=NC(c3ccccc3)=C(c3ccccc3)[N]2)cc1OC. The Labute approximate surface area is 202 Å². The molecule has 0 saturated carbocycles. The summed E-state index contributed by atoms with van der Waals surface area (Å²) in [4.78, 5) is 4.90. The second-order valence-corrected chi connectivity index (χ2v) is 8.12. The average Bonchev–Trinajstić information content (AvgIpc) is 3.33. The van der Waals surface area contributed by atoms with Crippen molar-refractivity contribution < 1.29 is 14.2 Å². The zero-order valence-corrected chi connectivity index (χ0v) is 19.9. The van der Waals surface area contributed by atoms with Gasteiger partial charge in [-0.2, -0.15) is 0 Å². The second kappa shape index (κ2) is 12.1. The van der Waals surface area contributed by atoms with Crippen LogP contribution in [0, 0.1) is 0 Å². The molecule has 4 rings (SSSR count). The van der Waals surface area contributed by atoms with Gasteiger partial charge in [0.15, 0.2) is 11.5 Å². The summed E-state index contributed by atoms with van der Waals surface area (Å²) < 4.78 is 16.5. The lowest BCUT2D eigenvalue weighted by Gasteiger charge is -2.10. The van der Waals surface area contributed by atoms with Gasteiger partial charge in [-0.05, 0) is 30.5 Å². The summed E-state index contributed by atoms with van der Waals surface area (Å²) in [5, 5.41) is 4.90. The number of unbranched alkanes of at least 4 members (excludes halogenated alkanes) is 2. The Morgan fingerprint density at radius 1 is 0.676 bits per heavy atom. The fraction of sp³-hybridized carbons (Fsp3) is 0.276. The lowest BCUT2D eigenvalue weighted by Crippen LogP contribution is -2.10. The van der Waals surface area contributed by atoms with Crippen LogP contribution in [0.2, 0.25) is 0 Å². The third-order valence-electron chi connectivity index (χ3n) is 5.71. The van der Waals surface area contributed by atoms with E-state index in [4.69, 9.17) is 24.5 Å². The van der Waals surface area contributed by atoms with Gasteiger partial charge in [0.2, 0.25) is 0 Å². The Bertz CT molecular complexity index is 1120. The molecule has 175 valence electrons. The lowest BCUT2D eigenvalue weighted by atomic mass is 10.1. The molecule has 0 N–H and O–H groups in total. The Kier molecular flexibility index (Phi) is 8.36. The van der Waals surface area contributed by atoms with Gasteiger partial charge in [0.05, 0.1) is 32.2 Å². The first kappa shape index (κ1) is 23.6.